The summed E-state index contributed by atoms with van der Waals surface area (Å²) in [5, 5.41) is 12.1. The summed E-state index contributed by atoms with van der Waals surface area (Å²) in [6.45, 7) is 3.88. The lowest BCUT2D eigenvalue weighted by Crippen LogP contribution is -2.51. The van der Waals surface area contributed by atoms with Crippen LogP contribution in [-0.2, 0) is 7.05 Å². The van der Waals surface area contributed by atoms with Crippen LogP contribution in [0.4, 0.5) is 11.5 Å². The molecule has 0 atom stereocenters. The molecule has 0 radical (unpaired) electrons. The molecule has 0 aromatic carbocycles. The third-order valence-corrected chi connectivity index (χ3v) is 5.08. The molecule has 4 aromatic heterocycles. The first-order chi connectivity index (χ1) is 14.0. The third kappa shape index (κ3) is 3.54. The van der Waals surface area contributed by atoms with Gasteiger partial charge in [0.25, 0.3) is 0 Å². The maximum absolute atomic E-state index is 6.21. The van der Waals surface area contributed by atoms with Crippen molar-refractivity contribution < 1.29 is 4.74 Å². The fourth-order valence-electron chi connectivity index (χ4n) is 3.62. The molecule has 5 heterocycles. The minimum Gasteiger partial charge on any atom is -0.485 e. The number of rotatable bonds is 5. The normalized spacial score (nSPS) is 14.9. The van der Waals surface area contributed by atoms with E-state index in [1.54, 1.807) is 10.9 Å². The molecule has 0 unspecified atom stereocenters. The molecule has 1 fully saturated rings. The zero-order valence-electron chi connectivity index (χ0n) is 16.7. The molecule has 0 saturated carbocycles. The lowest BCUT2D eigenvalue weighted by Gasteiger charge is -2.36. The van der Waals surface area contributed by atoms with Crippen molar-refractivity contribution >= 4 is 17.0 Å². The van der Waals surface area contributed by atoms with Crippen LogP contribution in [0.3, 0.4) is 0 Å². The predicted molar refractivity (Wildman–Crippen MR) is 112 cm³/mol. The van der Waals surface area contributed by atoms with E-state index >= 15 is 0 Å². The Balaban J connectivity index is 1.46. The first-order valence-corrected chi connectivity index (χ1v) is 9.61. The maximum atomic E-state index is 6.21. The second-order valence-corrected chi connectivity index (χ2v) is 7.63. The number of aryl methyl sites for hydroxylation is 2. The predicted octanol–water partition coefficient (Wildman–Crippen LogP) is 2.87. The highest BCUT2D eigenvalue weighted by Gasteiger charge is 2.26. The van der Waals surface area contributed by atoms with Crippen LogP contribution in [0.25, 0.3) is 16.6 Å². The van der Waals surface area contributed by atoms with Gasteiger partial charge in [0.05, 0.1) is 23.6 Å². The number of hydrogen-bond acceptors (Lipinski definition) is 6. The van der Waals surface area contributed by atoms with Crippen LogP contribution in [0.15, 0.2) is 49.1 Å². The summed E-state index contributed by atoms with van der Waals surface area (Å²) in [7, 11) is 3.98. The van der Waals surface area contributed by atoms with E-state index in [1.165, 1.54) is 0 Å². The molecule has 29 heavy (non-hydrogen) atoms. The smallest absolute Gasteiger partial charge is 0.153 e. The van der Waals surface area contributed by atoms with Gasteiger partial charge in [0.15, 0.2) is 5.82 Å². The van der Waals surface area contributed by atoms with Crippen LogP contribution >= 0.6 is 0 Å². The Morgan fingerprint density at radius 3 is 2.76 bits per heavy atom. The molecule has 1 N–H and O–H groups in total. The van der Waals surface area contributed by atoms with Gasteiger partial charge in [0.2, 0.25) is 0 Å². The summed E-state index contributed by atoms with van der Waals surface area (Å²) < 4.78 is 9.82. The lowest BCUT2D eigenvalue weighted by atomic mass is 10.1. The monoisotopic (exact) mass is 389 g/mol. The molecule has 1 saturated heterocycles. The van der Waals surface area contributed by atoms with Crippen LogP contribution in [0, 0.1) is 6.92 Å². The van der Waals surface area contributed by atoms with Crippen LogP contribution < -0.4 is 10.1 Å². The van der Waals surface area contributed by atoms with Gasteiger partial charge in [-0.05, 0) is 37.7 Å². The van der Waals surface area contributed by atoms with E-state index in [2.05, 4.69) is 50.6 Å². The molecule has 8 nitrogen and oxygen atoms in total. The molecule has 1 aliphatic rings. The molecular weight excluding hydrogens is 366 g/mol. The van der Waals surface area contributed by atoms with Gasteiger partial charge in [0, 0.05) is 49.9 Å². The van der Waals surface area contributed by atoms with Gasteiger partial charge >= 0.3 is 0 Å². The van der Waals surface area contributed by atoms with Gasteiger partial charge in [-0.25, -0.2) is 4.52 Å². The number of nitrogens with one attached hydrogen (secondary N) is 1. The average Bonchev–Trinajstić information content (AvgIpc) is 3.26. The van der Waals surface area contributed by atoms with Gasteiger partial charge in [-0.15, -0.1) is 0 Å². The molecule has 0 amide bonds. The van der Waals surface area contributed by atoms with Crippen molar-refractivity contribution in [3.05, 3.63) is 54.7 Å². The van der Waals surface area contributed by atoms with Crippen LogP contribution in [-0.4, -0.2) is 55.5 Å². The summed E-state index contributed by atoms with van der Waals surface area (Å²) in [5.74, 6) is 1.60. The van der Waals surface area contributed by atoms with Crippen molar-refractivity contribution in [2.45, 2.75) is 13.0 Å². The van der Waals surface area contributed by atoms with Crippen molar-refractivity contribution in [2.75, 3.05) is 25.5 Å². The van der Waals surface area contributed by atoms with Crippen LogP contribution in [0.2, 0.25) is 0 Å². The minimum atomic E-state index is 0.220. The highest BCUT2D eigenvalue weighted by molar-refractivity contribution is 5.75. The Bertz CT molecular complexity index is 1170. The second-order valence-electron chi connectivity index (χ2n) is 7.63. The largest absolute Gasteiger partial charge is 0.485 e. The standard InChI is InChI=1S/C21H23N7O/c1-14-6-19(20(10-22-14)29-18-12-26(2)13-18)15-4-5-28-17(7-15)8-21(25-28)24-16-9-23-27(3)11-16/h4-11,18H,12-13H2,1-3H3,(H,24,25). The van der Waals surface area contributed by atoms with Crippen molar-refractivity contribution in [3.8, 4) is 16.9 Å². The number of fused-ring (bicyclic) bond motifs is 1. The van der Waals surface area contributed by atoms with E-state index in [4.69, 9.17) is 4.74 Å². The SMILES string of the molecule is Cc1cc(-c2ccn3nc(Nc4cnn(C)c4)cc3c2)c(OC2CN(C)C2)cn1. The number of likely N-dealkylation sites (tertiary alicyclic amines) is 1. The lowest BCUT2D eigenvalue weighted by molar-refractivity contribution is 0.0390. The van der Waals surface area contributed by atoms with Crippen molar-refractivity contribution in [1.82, 2.24) is 29.3 Å². The first-order valence-electron chi connectivity index (χ1n) is 9.61. The van der Waals surface area contributed by atoms with Crippen molar-refractivity contribution in [1.29, 1.82) is 0 Å². The van der Waals surface area contributed by atoms with Crippen molar-refractivity contribution in [2.24, 2.45) is 7.05 Å². The van der Waals surface area contributed by atoms with E-state index in [-0.39, 0.29) is 6.10 Å². The maximum Gasteiger partial charge on any atom is 0.153 e. The topological polar surface area (TPSA) is 72.5 Å². The molecule has 0 spiro atoms. The number of hydrogen-bond donors (Lipinski definition) is 1. The highest BCUT2D eigenvalue weighted by Crippen LogP contribution is 2.32. The number of likely N-dealkylation sites (N-methyl/N-ethyl adjacent to an activating group) is 1. The van der Waals surface area contributed by atoms with E-state index in [0.29, 0.717) is 0 Å². The van der Waals surface area contributed by atoms with E-state index in [1.807, 2.05) is 43.1 Å². The van der Waals surface area contributed by atoms with Crippen LogP contribution in [0.5, 0.6) is 5.75 Å². The van der Waals surface area contributed by atoms with Gasteiger partial charge < -0.3 is 10.1 Å². The summed E-state index contributed by atoms with van der Waals surface area (Å²) in [5.41, 5.74) is 5.00. The molecule has 8 heteroatoms. The van der Waals surface area contributed by atoms with E-state index < -0.39 is 0 Å². The quantitative estimate of drug-likeness (QED) is 0.566. The Kier molecular flexibility index (Phi) is 4.21. The van der Waals surface area contributed by atoms with Gasteiger partial charge in [-0.2, -0.15) is 10.2 Å². The molecule has 5 rings (SSSR count). The molecule has 148 valence electrons. The summed E-state index contributed by atoms with van der Waals surface area (Å²) in [6.07, 6.45) is 7.71. The Morgan fingerprint density at radius 2 is 2.00 bits per heavy atom. The van der Waals surface area contributed by atoms with Crippen molar-refractivity contribution in [3.63, 3.8) is 0 Å². The number of nitrogens with zero attached hydrogens (tertiary/aromatic N) is 6. The molecular formula is C21H23N7O. The second kappa shape index (κ2) is 6.89. The van der Waals surface area contributed by atoms with Gasteiger partial charge in [0.1, 0.15) is 11.9 Å². The molecule has 4 aromatic rings. The molecule has 0 bridgehead atoms. The first kappa shape index (κ1) is 17.7. The zero-order valence-corrected chi connectivity index (χ0v) is 16.7. The number of anilines is 2. The molecule has 0 aliphatic carbocycles. The Labute approximate surface area is 168 Å². The highest BCUT2D eigenvalue weighted by atomic mass is 16.5. The number of ether oxygens (including phenoxy) is 1. The minimum absolute atomic E-state index is 0.220. The number of pyridine rings is 2. The average molecular weight is 389 g/mol. The van der Waals surface area contributed by atoms with E-state index in [9.17, 15) is 0 Å². The third-order valence-electron chi connectivity index (χ3n) is 5.08. The van der Waals surface area contributed by atoms with Gasteiger partial charge in [-0.3, -0.25) is 14.6 Å². The Hall–Kier alpha value is -3.39. The summed E-state index contributed by atoms with van der Waals surface area (Å²) >= 11 is 0. The zero-order chi connectivity index (χ0) is 20.0. The van der Waals surface area contributed by atoms with E-state index in [0.717, 1.165) is 52.7 Å². The van der Waals surface area contributed by atoms with Crippen LogP contribution in [0.1, 0.15) is 5.69 Å². The number of aromatic nitrogens is 5. The fraction of sp³-hybridized carbons (Fsp3) is 0.286. The fourth-order valence-corrected chi connectivity index (χ4v) is 3.62. The molecule has 1 aliphatic heterocycles. The summed E-state index contributed by atoms with van der Waals surface area (Å²) in [6, 6.07) is 8.28. The Morgan fingerprint density at radius 1 is 1.14 bits per heavy atom. The van der Waals surface area contributed by atoms with Gasteiger partial charge in [-0.1, -0.05) is 0 Å². The summed E-state index contributed by atoms with van der Waals surface area (Å²) in [4.78, 5) is 6.67.